The molecule has 21 heavy (non-hydrogen) atoms. The summed E-state index contributed by atoms with van der Waals surface area (Å²) in [5.41, 5.74) is 2.32. The molecule has 0 aromatic heterocycles. The predicted molar refractivity (Wildman–Crippen MR) is 83.0 cm³/mol. The number of likely N-dealkylation sites (N-methyl/N-ethyl adjacent to an activating group) is 2. The Kier molecular flexibility index (Phi) is 3.24. The van der Waals surface area contributed by atoms with Gasteiger partial charge in [0.15, 0.2) is 0 Å². The van der Waals surface area contributed by atoms with E-state index in [0.717, 1.165) is 24.5 Å². The van der Waals surface area contributed by atoms with Crippen molar-refractivity contribution >= 4 is 23.1 Å². The van der Waals surface area contributed by atoms with Gasteiger partial charge in [0.2, 0.25) is 0 Å². The van der Waals surface area contributed by atoms with E-state index in [1.807, 2.05) is 12.1 Å². The number of hydrogen-bond acceptors (Lipinski definition) is 4. The molecule has 0 radical (unpaired) electrons. The minimum Gasteiger partial charge on any atom is -0.370 e. The summed E-state index contributed by atoms with van der Waals surface area (Å²) in [6, 6.07) is 6.22. The lowest BCUT2D eigenvalue weighted by atomic mass is 10.1. The summed E-state index contributed by atoms with van der Waals surface area (Å²) in [4.78, 5) is 29.6. The van der Waals surface area contributed by atoms with Crippen LogP contribution in [0.4, 0.5) is 11.4 Å². The molecule has 1 saturated heterocycles. The van der Waals surface area contributed by atoms with Gasteiger partial charge in [0.05, 0.1) is 11.3 Å². The van der Waals surface area contributed by atoms with E-state index >= 15 is 0 Å². The van der Waals surface area contributed by atoms with Crippen molar-refractivity contribution in [1.29, 1.82) is 0 Å². The maximum Gasteiger partial charge on any atom is 0.299 e. The van der Waals surface area contributed by atoms with Crippen LogP contribution in [0.3, 0.4) is 0 Å². The SMILES string of the molecule is CC1CN(c2ccc3c(c2)N(C)C(=O)C3=O)CC1N(C)C. The van der Waals surface area contributed by atoms with Crippen molar-refractivity contribution < 1.29 is 9.59 Å². The largest absolute Gasteiger partial charge is 0.370 e. The first kappa shape index (κ1) is 14.1. The Balaban J connectivity index is 1.90. The topological polar surface area (TPSA) is 43.9 Å². The number of hydrogen-bond donors (Lipinski definition) is 0. The summed E-state index contributed by atoms with van der Waals surface area (Å²) >= 11 is 0. The van der Waals surface area contributed by atoms with E-state index in [1.165, 1.54) is 4.90 Å². The molecule has 2 aliphatic rings. The Labute approximate surface area is 125 Å². The zero-order chi connectivity index (χ0) is 15.3. The van der Waals surface area contributed by atoms with Gasteiger partial charge in [0, 0.05) is 31.9 Å². The first-order chi connectivity index (χ1) is 9.90. The fourth-order valence-electron chi connectivity index (χ4n) is 3.40. The lowest BCUT2D eigenvalue weighted by Gasteiger charge is -2.23. The van der Waals surface area contributed by atoms with Gasteiger partial charge < -0.3 is 14.7 Å². The summed E-state index contributed by atoms with van der Waals surface area (Å²) in [5.74, 6) is -0.252. The zero-order valence-corrected chi connectivity index (χ0v) is 13.0. The van der Waals surface area contributed by atoms with E-state index in [-0.39, 0.29) is 0 Å². The van der Waals surface area contributed by atoms with Gasteiger partial charge in [-0.3, -0.25) is 9.59 Å². The molecule has 0 N–H and O–H groups in total. The number of benzene rings is 1. The Bertz CT molecular complexity index is 612. The number of rotatable bonds is 2. The van der Waals surface area contributed by atoms with Crippen molar-refractivity contribution in [3.63, 3.8) is 0 Å². The normalized spacial score (nSPS) is 25.2. The van der Waals surface area contributed by atoms with Crippen LogP contribution in [-0.4, -0.2) is 56.9 Å². The van der Waals surface area contributed by atoms with E-state index in [0.29, 0.717) is 17.5 Å². The summed E-state index contributed by atoms with van der Waals surface area (Å²) in [7, 11) is 5.88. The van der Waals surface area contributed by atoms with Gasteiger partial charge in [-0.1, -0.05) is 6.92 Å². The molecule has 0 bridgehead atoms. The molecule has 2 atom stereocenters. The number of amides is 1. The van der Waals surface area contributed by atoms with Crippen LogP contribution in [0.5, 0.6) is 0 Å². The minimum atomic E-state index is -0.442. The summed E-state index contributed by atoms with van der Waals surface area (Å²) in [5, 5.41) is 0. The van der Waals surface area contributed by atoms with Crippen LogP contribution in [-0.2, 0) is 4.79 Å². The van der Waals surface area contributed by atoms with Crippen LogP contribution >= 0.6 is 0 Å². The number of carbonyl (C=O) groups is 2. The third-order valence-corrected chi connectivity index (χ3v) is 4.69. The van der Waals surface area contributed by atoms with Crippen molar-refractivity contribution in [3.05, 3.63) is 23.8 Å². The predicted octanol–water partition coefficient (Wildman–Crippen LogP) is 1.23. The number of Topliss-reactive ketones (excluding diaryl/α,β-unsaturated/α-hetero) is 1. The maximum atomic E-state index is 11.8. The second-order valence-electron chi connectivity index (χ2n) is 6.31. The standard InChI is InChI=1S/C16H21N3O2/c1-10-8-19(9-14(10)17(2)3)11-5-6-12-13(7-11)18(4)16(21)15(12)20/h5-7,10,14H,8-9H2,1-4H3. The van der Waals surface area contributed by atoms with Gasteiger partial charge in [0.25, 0.3) is 11.7 Å². The van der Waals surface area contributed by atoms with Crippen molar-refractivity contribution in [1.82, 2.24) is 4.90 Å². The highest BCUT2D eigenvalue weighted by atomic mass is 16.2. The van der Waals surface area contributed by atoms with Crippen molar-refractivity contribution in [2.45, 2.75) is 13.0 Å². The first-order valence-corrected chi connectivity index (χ1v) is 7.28. The number of carbonyl (C=O) groups excluding carboxylic acids is 2. The molecule has 0 saturated carbocycles. The summed E-state index contributed by atoms with van der Waals surface area (Å²) in [6.45, 7) is 4.23. The number of ketones is 1. The van der Waals surface area contributed by atoms with E-state index in [4.69, 9.17) is 0 Å². The number of nitrogens with zero attached hydrogens (tertiary/aromatic N) is 3. The highest BCUT2D eigenvalue weighted by Crippen LogP contribution is 2.34. The van der Waals surface area contributed by atoms with Gasteiger partial charge in [0.1, 0.15) is 0 Å². The van der Waals surface area contributed by atoms with Crippen LogP contribution in [0.2, 0.25) is 0 Å². The molecule has 1 aromatic carbocycles. The maximum absolute atomic E-state index is 11.8. The lowest BCUT2D eigenvalue weighted by Crippen LogP contribution is -2.34. The lowest BCUT2D eigenvalue weighted by molar-refractivity contribution is -0.114. The highest BCUT2D eigenvalue weighted by molar-refractivity contribution is 6.52. The van der Waals surface area contributed by atoms with Crippen molar-refractivity contribution in [2.24, 2.45) is 5.92 Å². The molecular weight excluding hydrogens is 266 g/mol. The van der Waals surface area contributed by atoms with Crippen LogP contribution in [0, 0.1) is 5.92 Å². The minimum absolute atomic E-state index is 0.403. The van der Waals surface area contributed by atoms with Crippen molar-refractivity contribution in [3.8, 4) is 0 Å². The molecule has 112 valence electrons. The van der Waals surface area contributed by atoms with Crippen LogP contribution in [0.1, 0.15) is 17.3 Å². The average molecular weight is 287 g/mol. The van der Waals surface area contributed by atoms with Gasteiger partial charge in [-0.2, -0.15) is 0 Å². The molecule has 3 rings (SSSR count). The van der Waals surface area contributed by atoms with Gasteiger partial charge in [-0.05, 0) is 38.2 Å². The summed E-state index contributed by atoms with van der Waals surface area (Å²) in [6.07, 6.45) is 0. The molecule has 1 aromatic rings. The monoisotopic (exact) mass is 287 g/mol. The van der Waals surface area contributed by atoms with Gasteiger partial charge in [-0.15, -0.1) is 0 Å². The third-order valence-electron chi connectivity index (χ3n) is 4.69. The van der Waals surface area contributed by atoms with Crippen LogP contribution in [0.15, 0.2) is 18.2 Å². The second-order valence-corrected chi connectivity index (χ2v) is 6.31. The second kappa shape index (κ2) is 4.84. The highest BCUT2D eigenvalue weighted by Gasteiger charge is 2.35. The van der Waals surface area contributed by atoms with Gasteiger partial charge in [-0.25, -0.2) is 0 Å². The van der Waals surface area contributed by atoms with Gasteiger partial charge >= 0.3 is 0 Å². The molecule has 1 amide bonds. The van der Waals surface area contributed by atoms with E-state index in [1.54, 1.807) is 13.1 Å². The molecular formula is C16H21N3O2. The average Bonchev–Trinajstić information content (AvgIpc) is 2.94. The van der Waals surface area contributed by atoms with Crippen LogP contribution in [0.25, 0.3) is 0 Å². The molecule has 2 unspecified atom stereocenters. The smallest absolute Gasteiger partial charge is 0.299 e. The first-order valence-electron chi connectivity index (χ1n) is 7.28. The quantitative estimate of drug-likeness (QED) is 0.768. The molecule has 5 heteroatoms. The molecule has 0 spiro atoms. The van der Waals surface area contributed by atoms with E-state index < -0.39 is 11.7 Å². The summed E-state index contributed by atoms with van der Waals surface area (Å²) < 4.78 is 0. The fraction of sp³-hybridized carbons (Fsp3) is 0.500. The van der Waals surface area contributed by atoms with Crippen LogP contribution < -0.4 is 9.80 Å². The molecule has 1 fully saturated rings. The molecule has 5 nitrogen and oxygen atoms in total. The molecule has 2 heterocycles. The number of anilines is 2. The van der Waals surface area contributed by atoms with Crippen molar-refractivity contribution in [2.75, 3.05) is 44.0 Å². The molecule has 2 aliphatic heterocycles. The Morgan fingerprint density at radius 1 is 1.19 bits per heavy atom. The fourth-order valence-corrected chi connectivity index (χ4v) is 3.40. The van der Waals surface area contributed by atoms with E-state index in [2.05, 4.69) is 30.8 Å². The third kappa shape index (κ3) is 2.12. The molecule has 0 aliphatic carbocycles. The Morgan fingerprint density at radius 2 is 1.90 bits per heavy atom. The Morgan fingerprint density at radius 3 is 2.52 bits per heavy atom. The number of fused-ring (bicyclic) bond motifs is 1. The Hall–Kier alpha value is -1.88. The zero-order valence-electron chi connectivity index (χ0n) is 13.0. The van der Waals surface area contributed by atoms with E-state index in [9.17, 15) is 9.59 Å².